The number of thiophene rings is 1. The second-order valence-electron chi connectivity index (χ2n) is 5.99. The van der Waals surface area contributed by atoms with Crippen LogP contribution in [0.4, 0.5) is 5.00 Å². The molecule has 1 aromatic heterocycles. The summed E-state index contributed by atoms with van der Waals surface area (Å²) < 4.78 is 10.3. The number of rotatable bonds is 7. The standard InChI is InChI=1S/C18H18N2O6S/c1-3-26-18(22)15-13(10-4-6-11(25-2)7-5-10)9-27-17(15)19-16(21)12-8-14(12)20(23)24/h4-7,9,12,14H,3,8H2,1-2H3,(H,19,21). The van der Waals surface area contributed by atoms with Crippen molar-refractivity contribution in [1.82, 2.24) is 0 Å². The van der Waals surface area contributed by atoms with Gasteiger partial charge < -0.3 is 14.8 Å². The van der Waals surface area contributed by atoms with Crippen LogP contribution in [0.25, 0.3) is 11.1 Å². The van der Waals surface area contributed by atoms with Gasteiger partial charge in [-0.1, -0.05) is 12.1 Å². The van der Waals surface area contributed by atoms with Gasteiger partial charge in [0.1, 0.15) is 22.2 Å². The van der Waals surface area contributed by atoms with Gasteiger partial charge in [-0.05, 0) is 24.6 Å². The molecule has 1 N–H and O–H groups in total. The number of nitrogens with one attached hydrogen (secondary N) is 1. The first-order valence-electron chi connectivity index (χ1n) is 8.33. The monoisotopic (exact) mass is 390 g/mol. The molecule has 8 nitrogen and oxygen atoms in total. The smallest absolute Gasteiger partial charge is 0.341 e. The number of esters is 1. The summed E-state index contributed by atoms with van der Waals surface area (Å²) in [6.45, 7) is 1.89. The zero-order chi connectivity index (χ0) is 19.6. The number of hydrogen-bond acceptors (Lipinski definition) is 7. The lowest BCUT2D eigenvalue weighted by Crippen LogP contribution is -2.19. The molecular formula is C18H18N2O6S. The summed E-state index contributed by atoms with van der Waals surface area (Å²) in [7, 11) is 1.56. The number of nitro groups is 1. The van der Waals surface area contributed by atoms with Gasteiger partial charge in [0.05, 0.1) is 13.7 Å². The molecule has 142 valence electrons. The van der Waals surface area contributed by atoms with Crippen molar-refractivity contribution >= 4 is 28.2 Å². The van der Waals surface area contributed by atoms with E-state index in [0.29, 0.717) is 16.3 Å². The predicted molar refractivity (Wildman–Crippen MR) is 99.8 cm³/mol. The minimum atomic E-state index is -0.850. The molecule has 0 bridgehead atoms. The molecule has 2 unspecified atom stereocenters. The first kappa shape index (κ1) is 18.8. The maximum absolute atomic E-state index is 12.5. The third-order valence-corrected chi connectivity index (χ3v) is 5.17. The number of benzene rings is 1. The second kappa shape index (κ2) is 7.75. The Bertz CT molecular complexity index is 876. The molecule has 3 rings (SSSR count). The van der Waals surface area contributed by atoms with E-state index in [1.54, 1.807) is 43.7 Å². The van der Waals surface area contributed by atoms with E-state index >= 15 is 0 Å². The number of carbonyl (C=O) groups excluding carboxylic acids is 2. The number of nitrogens with zero attached hydrogens (tertiary/aromatic N) is 1. The van der Waals surface area contributed by atoms with E-state index < -0.39 is 28.8 Å². The van der Waals surface area contributed by atoms with Crippen LogP contribution in [0.2, 0.25) is 0 Å². The number of carbonyl (C=O) groups is 2. The topological polar surface area (TPSA) is 108 Å². The molecule has 2 aromatic rings. The lowest BCUT2D eigenvalue weighted by atomic mass is 10.0. The van der Waals surface area contributed by atoms with Gasteiger partial charge in [-0.15, -0.1) is 11.3 Å². The summed E-state index contributed by atoms with van der Waals surface area (Å²) in [5.74, 6) is -0.992. The first-order valence-corrected chi connectivity index (χ1v) is 9.21. The fourth-order valence-corrected chi connectivity index (χ4v) is 3.70. The highest BCUT2D eigenvalue weighted by Crippen LogP contribution is 2.39. The van der Waals surface area contributed by atoms with Gasteiger partial charge in [0.25, 0.3) is 0 Å². The van der Waals surface area contributed by atoms with Gasteiger partial charge >= 0.3 is 5.97 Å². The van der Waals surface area contributed by atoms with Crippen molar-refractivity contribution in [3.63, 3.8) is 0 Å². The lowest BCUT2D eigenvalue weighted by Gasteiger charge is -2.09. The van der Waals surface area contributed by atoms with E-state index in [2.05, 4.69) is 5.32 Å². The average Bonchev–Trinajstić information content (AvgIpc) is 3.37. The molecule has 1 fully saturated rings. The molecule has 0 radical (unpaired) electrons. The number of ether oxygens (including phenoxy) is 2. The molecular weight excluding hydrogens is 372 g/mol. The minimum absolute atomic E-state index is 0.191. The quantitative estimate of drug-likeness (QED) is 0.442. The Morgan fingerprint density at radius 3 is 2.59 bits per heavy atom. The third kappa shape index (κ3) is 3.92. The second-order valence-corrected chi connectivity index (χ2v) is 6.87. The van der Waals surface area contributed by atoms with Crippen LogP contribution in [-0.4, -0.2) is 36.6 Å². The molecule has 27 heavy (non-hydrogen) atoms. The van der Waals surface area contributed by atoms with E-state index in [0.717, 1.165) is 5.56 Å². The summed E-state index contributed by atoms with van der Waals surface area (Å²) >= 11 is 1.18. The van der Waals surface area contributed by atoms with Crippen molar-refractivity contribution in [3.05, 3.63) is 45.3 Å². The van der Waals surface area contributed by atoms with Gasteiger partial charge in [-0.25, -0.2) is 4.79 Å². The largest absolute Gasteiger partial charge is 0.497 e. The van der Waals surface area contributed by atoms with Crippen LogP contribution in [-0.2, 0) is 9.53 Å². The van der Waals surface area contributed by atoms with E-state index in [-0.39, 0.29) is 18.6 Å². The summed E-state index contributed by atoms with van der Waals surface area (Å²) in [5.41, 5.74) is 1.64. The van der Waals surface area contributed by atoms with Crippen molar-refractivity contribution in [3.8, 4) is 16.9 Å². The summed E-state index contributed by atoms with van der Waals surface area (Å²) in [4.78, 5) is 35.1. The third-order valence-electron chi connectivity index (χ3n) is 4.27. The number of anilines is 1. The summed E-state index contributed by atoms with van der Waals surface area (Å²) in [6, 6.07) is 6.30. The van der Waals surface area contributed by atoms with Gasteiger partial charge in [-0.3, -0.25) is 14.9 Å². The summed E-state index contributed by atoms with van der Waals surface area (Å²) in [6.07, 6.45) is 0.213. The van der Waals surface area contributed by atoms with Gasteiger partial charge in [-0.2, -0.15) is 0 Å². The van der Waals surface area contributed by atoms with E-state index in [9.17, 15) is 19.7 Å². The number of hydrogen-bond donors (Lipinski definition) is 1. The fourth-order valence-electron chi connectivity index (χ4n) is 2.74. The van der Waals surface area contributed by atoms with Crippen molar-refractivity contribution < 1.29 is 24.0 Å². The molecule has 1 saturated carbocycles. The highest BCUT2D eigenvalue weighted by atomic mass is 32.1. The lowest BCUT2D eigenvalue weighted by molar-refractivity contribution is -0.497. The first-order chi connectivity index (χ1) is 13.0. The molecule has 1 aliphatic rings. The molecule has 1 aromatic carbocycles. The normalized spacial score (nSPS) is 17.9. The van der Waals surface area contributed by atoms with E-state index in [4.69, 9.17) is 9.47 Å². The fraction of sp³-hybridized carbons (Fsp3) is 0.333. The SMILES string of the molecule is CCOC(=O)c1c(-c2ccc(OC)cc2)csc1NC(=O)C1CC1[N+](=O)[O-]. The molecule has 1 aliphatic carbocycles. The van der Waals surface area contributed by atoms with Gasteiger partial charge in [0, 0.05) is 22.3 Å². The zero-order valence-electron chi connectivity index (χ0n) is 14.8. The Morgan fingerprint density at radius 1 is 1.33 bits per heavy atom. The molecule has 0 saturated heterocycles. The van der Waals surface area contributed by atoms with Crippen molar-refractivity contribution in [2.45, 2.75) is 19.4 Å². The van der Waals surface area contributed by atoms with Crippen LogP contribution in [0.3, 0.4) is 0 Å². The average molecular weight is 390 g/mol. The Hall–Kier alpha value is -2.94. The number of amides is 1. The predicted octanol–water partition coefficient (Wildman–Crippen LogP) is 3.20. The van der Waals surface area contributed by atoms with Crippen molar-refractivity contribution in [1.29, 1.82) is 0 Å². The van der Waals surface area contributed by atoms with Gasteiger partial charge in [0.2, 0.25) is 11.9 Å². The molecule has 2 atom stereocenters. The van der Waals surface area contributed by atoms with Crippen molar-refractivity contribution in [2.75, 3.05) is 19.0 Å². The highest BCUT2D eigenvalue weighted by molar-refractivity contribution is 7.15. The molecule has 0 spiro atoms. The Morgan fingerprint density at radius 2 is 2.04 bits per heavy atom. The highest BCUT2D eigenvalue weighted by Gasteiger charge is 2.53. The zero-order valence-corrected chi connectivity index (χ0v) is 15.6. The van der Waals surface area contributed by atoms with Crippen molar-refractivity contribution in [2.24, 2.45) is 5.92 Å². The number of methoxy groups -OCH3 is 1. The minimum Gasteiger partial charge on any atom is -0.497 e. The molecule has 9 heteroatoms. The van der Waals surface area contributed by atoms with Crippen LogP contribution in [0.15, 0.2) is 29.6 Å². The van der Waals surface area contributed by atoms with E-state index in [1.807, 2.05) is 0 Å². The Kier molecular flexibility index (Phi) is 5.41. The summed E-state index contributed by atoms with van der Waals surface area (Å²) in [5, 5.41) is 15.5. The van der Waals surface area contributed by atoms with E-state index in [1.165, 1.54) is 11.3 Å². The Balaban J connectivity index is 1.89. The van der Waals surface area contributed by atoms with Gasteiger partial charge in [0.15, 0.2) is 0 Å². The van der Waals surface area contributed by atoms with Crippen LogP contribution < -0.4 is 10.1 Å². The van der Waals surface area contributed by atoms with Crippen LogP contribution >= 0.6 is 11.3 Å². The molecule has 0 aliphatic heterocycles. The molecule has 1 amide bonds. The maximum atomic E-state index is 12.5. The maximum Gasteiger partial charge on any atom is 0.341 e. The van der Waals surface area contributed by atoms with Crippen LogP contribution in [0.5, 0.6) is 5.75 Å². The Labute approximate surface area is 159 Å². The van der Waals surface area contributed by atoms with Crippen LogP contribution in [0.1, 0.15) is 23.7 Å². The molecule has 1 heterocycles. The van der Waals surface area contributed by atoms with Crippen LogP contribution in [0, 0.1) is 16.0 Å².